The molecule has 0 spiro atoms. The Kier molecular flexibility index (Phi) is 6.29. The fourth-order valence-corrected chi connectivity index (χ4v) is 2.06. The largest absolute Gasteiger partial charge is 0.392 e. The summed E-state index contributed by atoms with van der Waals surface area (Å²) in [5.41, 5.74) is 6.50. The van der Waals surface area contributed by atoms with Crippen LogP contribution >= 0.6 is 28.1 Å². The first-order valence-corrected chi connectivity index (χ1v) is 7.03. The molecular formula is C13H17BrN2OS. The number of hydrogen-bond acceptors (Lipinski definition) is 2. The third-order valence-electron chi connectivity index (χ3n) is 2.46. The first-order valence-electron chi connectivity index (χ1n) is 5.83. The summed E-state index contributed by atoms with van der Waals surface area (Å²) >= 11 is 8.23. The number of nitrogens with zero attached hydrogens (tertiary/aromatic N) is 1. The lowest BCUT2D eigenvalue weighted by Crippen LogP contribution is -2.39. The van der Waals surface area contributed by atoms with E-state index in [1.54, 1.807) is 4.90 Å². The first kappa shape index (κ1) is 15.1. The highest BCUT2D eigenvalue weighted by Crippen LogP contribution is 2.11. The quantitative estimate of drug-likeness (QED) is 0.816. The van der Waals surface area contributed by atoms with Crippen molar-refractivity contribution in [3.8, 4) is 0 Å². The molecule has 3 nitrogen and oxygen atoms in total. The third kappa shape index (κ3) is 5.14. The molecule has 0 fully saturated rings. The Bertz CT molecular complexity index is 420. The molecule has 0 heterocycles. The fraction of sp³-hybridized carbons (Fsp3) is 0.385. The summed E-state index contributed by atoms with van der Waals surface area (Å²) < 4.78 is 1.01. The number of halogens is 1. The molecule has 0 bridgehead atoms. The number of amides is 1. The lowest BCUT2D eigenvalue weighted by Gasteiger charge is -2.21. The summed E-state index contributed by atoms with van der Waals surface area (Å²) in [6, 6.07) is 7.74. The van der Waals surface area contributed by atoms with Crippen LogP contribution in [0, 0.1) is 0 Å². The Morgan fingerprint density at radius 1 is 1.39 bits per heavy atom. The minimum atomic E-state index is 0.0620. The van der Waals surface area contributed by atoms with Crippen LogP contribution in [0.25, 0.3) is 0 Å². The lowest BCUT2D eigenvalue weighted by molar-refractivity contribution is -0.129. The summed E-state index contributed by atoms with van der Waals surface area (Å²) in [6.07, 6.45) is 1.28. The molecule has 0 aliphatic heterocycles. The Labute approximate surface area is 121 Å². The van der Waals surface area contributed by atoms with Gasteiger partial charge in [-0.15, -0.1) is 0 Å². The second kappa shape index (κ2) is 7.48. The van der Waals surface area contributed by atoms with Gasteiger partial charge in [-0.2, -0.15) is 0 Å². The molecule has 18 heavy (non-hydrogen) atoms. The smallest absolute Gasteiger partial charge is 0.227 e. The summed E-state index contributed by atoms with van der Waals surface area (Å²) in [5.74, 6) is 0.0620. The predicted octanol–water partition coefficient (Wildman–Crippen LogP) is 2.52. The molecule has 0 aliphatic rings. The molecule has 98 valence electrons. The van der Waals surface area contributed by atoms with Crippen molar-refractivity contribution in [2.75, 3.05) is 13.1 Å². The van der Waals surface area contributed by atoms with Crippen molar-refractivity contribution < 1.29 is 4.79 Å². The topological polar surface area (TPSA) is 46.3 Å². The molecule has 0 radical (unpaired) electrons. The van der Waals surface area contributed by atoms with Crippen LogP contribution in [0.2, 0.25) is 0 Å². The van der Waals surface area contributed by atoms with Crippen LogP contribution in [0.3, 0.4) is 0 Å². The second-order valence-corrected chi connectivity index (χ2v) is 5.52. The Balaban J connectivity index is 2.65. The van der Waals surface area contributed by atoms with Crippen LogP contribution in [-0.4, -0.2) is 28.9 Å². The van der Waals surface area contributed by atoms with Gasteiger partial charge in [0.1, 0.15) is 0 Å². The zero-order valence-electron chi connectivity index (χ0n) is 10.4. The van der Waals surface area contributed by atoms with Crippen LogP contribution in [0.4, 0.5) is 0 Å². The first-order chi connectivity index (χ1) is 8.52. The number of rotatable bonds is 6. The van der Waals surface area contributed by atoms with Crippen molar-refractivity contribution in [1.82, 2.24) is 4.90 Å². The molecule has 0 saturated heterocycles. The molecule has 0 unspecified atom stereocenters. The highest BCUT2D eigenvalue weighted by molar-refractivity contribution is 9.10. The van der Waals surface area contributed by atoms with Gasteiger partial charge >= 0.3 is 0 Å². The van der Waals surface area contributed by atoms with Crippen LogP contribution in [0.15, 0.2) is 28.7 Å². The van der Waals surface area contributed by atoms with Gasteiger partial charge in [0, 0.05) is 11.0 Å². The molecule has 5 heteroatoms. The maximum absolute atomic E-state index is 12.1. The highest BCUT2D eigenvalue weighted by atomic mass is 79.9. The van der Waals surface area contributed by atoms with E-state index in [-0.39, 0.29) is 5.91 Å². The Hall–Kier alpha value is -0.940. The average molecular weight is 329 g/mol. The maximum Gasteiger partial charge on any atom is 0.227 e. The molecule has 2 N–H and O–H groups in total. The standard InChI is InChI=1S/C13H17BrN2OS/c1-2-7-16(9-12(15)18)13(17)8-10-3-5-11(14)6-4-10/h3-6H,2,7-9H2,1H3,(H2,15,18). The fourth-order valence-electron chi connectivity index (χ4n) is 1.64. The predicted molar refractivity (Wildman–Crippen MR) is 81.5 cm³/mol. The second-order valence-electron chi connectivity index (χ2n) is 4.08. The third-order valence-corrected chi connectivity index (χ3v) is 3.12. The normalized spacial score (nSPS) is 10.1. The number of carbonyl (C=O) groups is 1. The van der Waals surface area contributed by atoms with Gasteiger partial charge in [-0.25, -0.2) is 0 Å². The van der Waals surface area contributed by atoms with Crippen molar-refractivity contribution in [2.24, 2.45) is 5.73 Å². The van der Waals surface area contributed by atoms with Crippen LogP contribution < -0.4 is 5.73 Å². The molecule has 1 aromatic rings. The maximum atomic E-state index is 12.1. The van der Waals surface area contributed by atoms with Crippen LogP contribution in [0.1, 0.15) is 18.9 Å². The average Bonchev–Trinajstić information content (AvgIpc) is 2.31. The van der Waals surface area contributed by atoms with Gasteiger partial charge in [0.15, 0.2) is 0 Å². The Morgan fingerprint density at radius 2 is 2.00 bits per heavy atom. The number of thiocarbonyl (C=S) groups is 1. The van der Waals surface area contributed by atoms with Gasteiger partial charge in [-0.3, -0.25) is 4.79 Å². The number of hydrogen-bond donors (Lipinski definition) is 1. The van der Waals surface area contributed by atoms with E-state index in [0.717, 1.165) is 16.5 Å². The summed E-state index contributed by atoms with van der Waals surface area (Å²) in [6.45, 7) is 3.07. The van der Waals surface area contributed by atoms with E-state index in [0.29, 0.717) is 24.5 Å². The molecule has 1 aromatic carbocycles. The van der Waals surface area contributed by atoms with Crippen molar-refractivity contribution in [3.63, 3.8) is 0 Å². The van der Waals surface area contributed by atoms with Gasteiger partial charge < -0.3 is 10.6 Å². The van der Waals surface area contributed by atoms with Crippen molar-refractivity contribution in [1.29, 1.82) is 0 Å². The molecule has 0 aromatic heterocycles. The van der Waals surface area contributed by atoms with Crippen molar-refractivity contribution in [2.45, 2.75) is 19.8 Å². The van der Waals surface area contributed by atoms with Gasteiger partial charge in [-0.05, 0) is 24.1 Å². The molecule has 0 saturated carbocycles. The Morgan fingerprint density at radius 3 is 2.50 bits per heavy atom. The summed E-state index contributed by atoms with van der Waals surface area (Å²) in [5, 5.41) is 0. The SMILES string of the molecule is CCCN(CC(N)=S)C(=O)Cc1ccc(Br)cc1. The van der Waals surface area contributed by atoms with E-state index in [1.807, 2.05) is 31.2 Å². The summed E-state index contributed by atoms with van der Waals surface area (Å²) in [7, 11) is 0. The number of nitrogens with two attached hydrogens (primary N) is 1. The van der Waals surface area contributed by atoms with Crippen LogP contribution in [-0.2, 0) is 11.2 Å². The zero-order valence-corrected chi connectivity index (χ0v) is 12.8. The van der Waals surface area contributed by atoms with Gasteiger partial charge in [-0.1, -0.05) is 47.2 Å². The van der Waals surface area contributed by atoms with Crippen molar-refractivity contribution in [3.05, 3.63) is 34.3 Å². The minimum Gasteiger partial charge on any atom is -0.392 e. The minimum absolute atomic E-state index is 0.0620. The van der Waals surface area contributed by atoms with Gasteiger partial charge in [0.2, 0.25) is 5.91 Å². The number of benzene rings is 1. The molecular weight excluding hydrogens is 312 g/mol. The van der Waals surface area contributed by atoms with E-state index in [4.69, 9.17) is 18.0 Å². The monoisotopic (exact) mass is 328 g/mol. The number of carbonyl (C=O) groups excluding carboxylic acids is 1. The van der Waals surface area contributed by atoms with Crippen LogP contribution in [0.5, 0.6) is 0 Å². The van der Waals surface area contributed by atoms with Crippen molar-refractivity contribution >= 4 is 39.0 Å². The summed E-state index contributed by atoms with van der Waals surface area (Å²) in [4.78, 5) is 14.2. The molecule has 1 rings (SSSR count). The lowest BCUT2D eigenvalue weighted by atomic mass is 10.1. The zero-order chi connectivity index (χ0) is 13.5. The van der Waals surface area contributed by atoms with Gasteiger partial charge in [0.05, 0.1) is 18.0 Å². The molecule has 0 atom stereocenters. The highest BCUT2D eigenvalue weighted by Gasteiger charge is 2.13. The van der Waals surface area contributed by atoms with Gasteiger partial charge in [0.25, 0.3) is 0 Å². The van der Waals surface area contributed by atoms with E-state index in [2.05, 4.69) is 15.9 Å². The van der Waals surface area contributed by atoms with E-state index < -0.39 is 0 Å². The van der Waals surface area contributed by atoms with E-state index in [1.165, 1.54) is 0 Å². The van der Waals surface area contributed by atoms with E-state index in [9.17, 15) is 4.79 Å². The molecule has 0 aliphatic carbocycles. The van der Waals surface area contributed by atoms with E-state index >= 15 is 0 Å². The molecule has 1 amide bonds.